The Kier molecular flexibility index (Phi) is 6.35. The number of hydrogen-bond acceptors (Lipinski definition) is 6. The maximum Gasteiger partial charge on any atom is 0.313 e. The normalized spacial score (nSPS) is 15.3. The lowest BCUT2D eigenvalue weighted by atomic mass is 9.97. The molecule has 0 radical (unpaired) electrons. The van der Waals surface area contributed by atoms with Crippen molar-refractivity contribution in [3.63, 3.8) is 0 Å². The molecule has 1 amide bonds. The molecule has 0 unspecified atom stereocenters. The van der Waals surface area contributed by atoms with E-state index in [1.165, 1.54) is 0 Å². The van der Waals surface area contributed by atoms with Crippen molar-refractivity contribution in [2.24, 2.45) is 0 Å². The van der Waals surface area contributed by atoms with E-state index in [0.717, 1.165) is 5.56 Å². The van der Waals surface area contributed by atoms with E-state index >= 15 is 0 Å². The molecule has 7 nitrogen and oxygen atoms in total. The standard InChI is InChI=1S/C20H24N4O3/c1-2-17(16-7-4-3-5-8-16)19(26)27-15-18(25)23-11-13-24(14-12-23)20-21-9-6-10-22-20/h3-10,17H,2,11-15H2,1H3/t17-/m1/s1. The number of esters is 1. The first-order chi connectivity index (χ1) is 13.2. The first-order valence-electron chi connectivity index (χ1n) is 9.20. The van der Waals surface area contributed by atoms with Crippen molar-refractivity contribution in [1.29, 1.82) is 0 Å². The number of benzene rings is 1. The average Bonchev–Trinajstić information content (AvgIpc) is 2.74. The van der Waals surface area contributed by atoms with Crippen LogP contribution in [0, 0.1) is 0 Å². The Bertz CT molecular complexity index is 746. The van der Waals surface area contributed by atoms with Crippen LogP contribution in [-0.4, -0.2) is 59.5 Å². The summed E-state index contributed by atoms with van der Waals surface area (Å²) in [4.78, 5) is 37.0. The number of nitrogens with zero attached hydrogens (tertiary/aromatic N) is 4. The monoisotopic (exact) mass is 368 g/mol. The first-order valence-corrected chi connectivity index (χ1v) is 9.20. The second kappa shape index (κ2) is 9.12. The van der Waals surface area contributed by atoms with Gasteiger partial charge in [-0.25, -0.2) is 9.97 Å². The number of amides is 1. The summed E-state index contributed by atoms with van der Waals surface area (Å²) in [5, 5.41) is 0. The lowest BCUT2D eigenvalue weighted by molar-refractivity contribution is -0.153. The van der Waals surface area contributed by atoms with E-state index in [1.807, 2.05) is 42.2 Å². The van der Waals surface area contributed by atoms with Gasteiger partial charge in [0.2, 0.25) is 5.95 Å². The van der Waals surface area contributed by atoms with E-state index in [4.69, 9.17) is 4.74 Å². The van der Waals surface area contributed by atoms with Crippen LogP contribution in [0.3, 0.4) is 0 Å². The van der Waals surface area contributed by atoms with Crippen LogP contribution >= 0.6 is 0 Å². The predicted molar refractivity (Wildman–Crippen MR) is 101 cm³/mol. The summed E-state index contributed by atoms with van der Waals surface area (Å²) >= 11 is 0. The number of piperazine rings is 1. The minimum Gasteiger partial charge on any atom is -0.455 e. The zero-order valence-electron chi connectivity index (χ0n) is 15.5. The summed E-state index contributed by atoms with van der Waals surface area (Å²) in [6.45, 7) is 4.15. The molecule has 1 atom stereocenters. The van der Waals surface area contributed by atoms with Crippen LogP contribution in [0.25, 0.3) is 0 Å². The molecule has 27 heavy (non-hydrogen) atoms. The molecule has 0 aliphatic carbocycles. The second-order valence-corrected chi connectivity index (χ2v) is 6.40. The summed E-state index contributed by atoms with van der Waals surface area (Å²) in [7, 11) is 0. The van der Waals surface area contributed by atoms with Crippen LogP contribution in [0.5, 0.6) is 0 Å². The molecule has 142 valence electrons. The largest absolute Gasteiger partial charge is 0.455 e. The minimum absolute atomic E-state index is 0.167. The number of carbonyl (C=O) groups excluding carboxylic acids is 2. The molecular weight excluding hydrogens is 344 g/mol. The molecule has 2 heterocycles. The number of rotatable bonds is 6. The van der Waals surface area contributed by atoms with E-state index in [1.54, 1.807) is 23.4 Å². The molecule has 1 aromatic carbocycles. The molecule has 0 bridgehead atoms. The van der Waals surface area contributed by atoms with E-state index in [0.29, 0.717) is 38.5 Å². The zero-order valence-corrected chi connectivity index (χ0v) is 15.5. The molecule has 1 fully saturated rings. The Morgan fingerprint density at radius 3 is 2.33 bits per heavy atom. The molecule has 0 saturated carbocycles. The van der Waals surface area contributed by atoms with Gasteiger partial charge in [0.25, 0.3) is 5.91 Å². The van der Waals surface area contributed by atoms with Gasteiger partial charge in [-0.05, 0) is 18.1 Å². The Morgan fingerprint density at radius 2 is 1.70 bits per heavy atom. The highest BCUT2D eigenvalue weighted by Crippen LogP contribution is 2.20. The van der Waals surface area contributed by atoms with Crippen molar-refractivity contribution >= 4 is 17.8 Å². The summed E-state index contributed by atoms with van der Waals surface area (Å²) in [5.41, 5.74) is 0.911. The summed E-state index contributed by atoms with van der Waals surface area (Å²) < 4.78 is 5.31. The number of anilines is 1. The molecular formula is C20H24N4O3. The fraction of sp³-hybridized carbons (Fsp3) is 0.400. The van der Waals surface area contributed by atoms with Gasteiger partial charge in [-0.15, -0.1) is 0 Å². The molecule has 2 aromatic rings. The van der Waals surface area contributed by atoms with Crippen molar-refractivity contribution in [2.45, 2.75) is 19.3 Å². The second-order valence-electron chi connectivity index (χ2n) is 6.40. The third-order valence-corrected chi connectivity index (χ3v) is 4.70. The van der Waals surface area contributed by atoms with Crippen LogP contribution < -0.4 is 4.90 Å². The molecule has 1 aromatic heterocycles. The first kappa shape index (κ1) is 18.8. The highest BCUT2D eigenvalue weighted by atomic mass is 16.5. The van der Waals surface area contributed by atoms with Crippen LogP contribution in [-0.2, 0) is 14.3 Å². The molecule has 1 aliphatic heterocycles. The van der Waals surface area contributed by atoms with Gasteiger partial charge in [-0.3, -0.25) is 9.59 Å². The minimum atomic E-state index is -0.353. The van der Waals surface area contributed by atoms with Crippen molar-refractivity contribution in [3.05, 3.63) is 54.4 Å². The van der Waals surface area contributed by atoms with Gasteiger partial charge in [0.05, 0.1) is 5.92 Å². The van der Waals surface area contributed by atoms with Crippen molar-refractivity contribution in [1.82, 2.24) is 14.9 Å². The van der Waals surface area contributed by atoms with Crippen LogP contribution in [0.2, 0.25) is 0 Å². The van der Waals surface area contributed by atoms with E-state index < -0.39 is 0 Å². The van der Waals surface area contributed by atoms with Crippen LogP contribution in [0.4, 0.5) is 5.95 Å². The van der Waals surface area contributed by atoms with Gasteiger partial charge in [0.15, 0.2) is 6.61 Å². The molecule has 1 saturated heterocycles. The summed E-state index contributed by atoms with van der Waals surface area (Å²) in [6.07, 6.45) is 4.04. The lowest BCUT2D eigenvalue weighted by Crippen LogP contribution is -2.50. The number of hydrogen-bond donors (Lipinski definition) is 0. The van der Waals surface area contributed by atoms with Gasteiger partial charge >= 0.3 is 5.97 Å². The Morgan fingerprint density at radius 1 is 1.04 bits per heavy atom. The van der Waals surface area contributed by atoms with Gasteiger partial charge in [0.1, 0.15) is 0 Å². The fourth-order valence-electron chi connectivity index (χ4n) is 3.16. The average molecular weight is 368 g/mol. The van der Waals surface area contributed by atoms with Crippen molar-refractivity contribution in [2.75, 3.05) is 37.7 Å². The van der Waals surface area contributed by atoms with E-state index in [-0.39, 0.29) is 24.4 Å². The van der Waals surface area contributed by atoms with Gasteiger partial charge in [-0.2, -0.15) is 0 Å². The smallest absolute Gasteiger partial charge is 0.313 e. The highest BCUT2D eigenvalue weighted by Gasteiger charge is 2.25. The molecule has 3 rings (SSSR count). The fourth-order valence-corrected chi connectivity index (χ4v) is 3.16. The summed E-state index contributed by atoms with van der Waals surface area (Å²) in [6, 6.07) is 11.3. The number of ether oxygens (including phenoxy) is 1. The maximum atomic E-state index is 12.4. The maximum absolute atomic E-state index is 12.4. The van der Waals surface area contributed by atoms with Gasteiger partial charge in [0, 0.05) is 38.6 Å². The molecule has 7 heteroatoms. The zero-order chi connectivity index (χ0) is 19.1. The van der Waals surface area contributed by atoms with Crippen molar-refractivity contribution < 1.29 is 14.3 Å². The lowest BCUT2D eigenvalue weighted by Gasteiger charge is -2.34. The summed E-state index contributed by atoms with van der Waals surface area (Å²) in [5.74, 6) is -0.191. The topological polar surface area (TPSA) is 75.6 Å². The SMILES string of the molecule is CC[C@@H](C(=O)OCC(=O)N1CCN(c2ncccn2)CC1)c1ccccc1. The van der Waals surface area contributed by atoms with Crippen LogP contribution in [0.15, 0.2) is 48.8 Å². The third kappa shape index (κ3) is 4.81. The Hall–Kier alpha value is -2.96. The van der Waals surface area contributed by atoms with E-state index in [9.17, 15) is 9.59 Å². The number of carbonyl (C=O) groups is 2. The van der Waals surface area contributed by atoms with Gasteiger partial charge in [-0.1, -0.05) is 37.3 Å². The Balaban J connectivity index is 1.47. The third-order valence-electron chi connectivity index (χ3n) is 4.70. The quantitative estimate of drug-likeness (QED) is 0.725. The van der Waals surface area contributed by atoms with E-state index in [2.05, 4.69) is 9.97 Å². The Labute approximate surface area is 159 Å². The highest BCUT2D eigenvalue weighted by molar-refractivity contribution is 5.83. The molecule has 0 spiro atoms. The van der Waals surface area contributed by atoms with Crippen molar-refractivity contribution in [3.8, 4) is 0 Å². The molecule has 1 aliphatic rings. The van der Waals surface area contributed by atoms with Gasteiger partial charge < -0.3 is 14.5 Å². The molecule has 0 N–H and O–H groups in total. The number of aromatic nitrogens is 2. The van der Waals surface area contributed by atoms with Crippen LogP contribution in [0.1, 0.15) is 24.8 Å². The predicted octanol–water partition coefficient (Wildman–Crippen LogP) is 1.86.